The van der Waals surface area contributed by atoms with Crippen LogP contribution in [0.3, 0.4) is 0 Å². The second-order valence-corrected chi connectivity index (χ2v) is 6.32. The first-order valence-electron chi connectivity index (χ1n) is 7.38. The van der Waals surface area contributed by atoms with Crippen LogP contribution in [0.2, 0.25) is 0 Å². The Morgan fingerprint density at radius 1 is 1.36 bits per heavy atom. The highest BCUT2D eigenvalue weighted by molar-refractivity contribution is 7.10. The second-order valence-electron chi connectivity index (χ2n) is 5.29. The monoisotopic (exact) mass is 313 g/mol. The molecule has 0 aromatic carbocycles. The molecule has 0 atom stereocenters. The Labute approximate surface area is 134 Å². The predicted octanol–water partition coefficient (Wildman–Crippen LogP) is 2.72. The summed E-state index contributed by atoms with van der Waals surface area (Å²) < 4.78 is 0. The zero-order valence-corrected chi connectivity index (χ0v) is 13.3. The van der Waals surface area contributed by atoms with E-state index in [1.54, 1.807) is 17.5 Å². The highest BCUT2D eigenvalue weighted by Crippen LogP contribution is 2.23. The van der Waals surface area contributed by atoms with Crippen molar-refractivity contribution >= 4 is 23.1 Å². The fraction of sp³-hybridized carbons (Fsp3) is 0.294. The maximum atomic E-state index is 12.6. The van der Waals surface area contributed by atoms with Crippen LogP contribution in [-0.2, 0) is 17.8 Å². The van der Waals surface area contributed by atoms with Crippen LogP contribution in [-0.4, -0.2) is 35.4 Å². The van der Waals surface area contributed by atoms with Gasteiger partial charge in [-0.05, 0) is 17.5 Å². The molecule has 0 bridgehead atoms. The summed E-state index contributed by atoms with van der Waals surface area (Å²) in [7, 11) is 0. The number of carbonyl (C=O) groups is 1. The molecule has 2 aromatic heterocycles. The Hall–Kier alpha value is -2.14. The molecule has 4 nitrogen and oxygen atoms in total. The van der Waals surface area contributed by atoms with Gasteiger partial charge in [0.25, 0.3) is 0 Å². The van der Waals surface area contributed by atoms with Crippen molar-refractivity contribution in [2.24, 2.45) is 0 Å². The average Bonchev–Trinajstić information content (AvgIpc) is 2.96. The van der Waals surface area contributed by atoms with Gasteiger partial charge in [-0.3, -0.25) is 4.79 Å². The van der Waals surface area contributed by atoms with Gasteiger partial charge in [-0.15, -0.1) is 17.9 Å². The number of fused-ring (bicyclic) bond motifs is 1. The lowest BCUT2D eigenvalue weighted by molar-refractivity contribution is -0.130. The molecule has 114 valence electrons. The molecule has 0 saturated carbocycles. The summed E-state index contributed by atoms with van der Waals surface area (Å²) in [5, 5.41) is 2.01. The van der Waals surface area contributed by atoms with Crippen LogP contribution in [0, 0.1) is 0 Å². The SMILES string of the molecule is C=CCN1CCN(C(=O)Cc2cccs2)Cc2cccnc21. The molecule has 0 fully saturated rings. The van der Waals surface area contributed by atoms with Crippen LogP contribution < -0.4 is 4.90 Å². The number of thiophene rings is 1. The van der Waals surface area contributed by atoms with Crippen molar-refractivity contribution < 1.29 is 4.79 Å². The van der Waals surface area contributed by atoms with Gasteiger partial charge in [0, 0.05) is 42.8 Å². The third-order valence-corrected chi connectivity index (χ3v) is 4.65. The largest absolute Gasteiger partial charge is 0.351 e. The van der Waals surface area contributed by atoms with E-state index in [1.807, 2.05) is 34.6 Å². The molecule has 1 aliphatic rings. The highest BCUT2D eigenvalue weighted by atomic mass is 32.1. The Balaban J connectivity index is 1.79. The lowest BCUT2D eigenvalue weighted by Gasteiger charge is -2.22. The van der Waals surface area contributed by atoms with Crippen LogP contribution in [0.15, 0.2) is 48.5 Å². The molecule has 5 heteroatoms. The number of aromatic nitrogens is 1. The van der Waals surface area contributed by atoms with E-state index in [9.17, 15) is 4.79 Å². The average molecular weight is 313 g/mol. The summed E-state index contributed by atoms with van der Waals surface area (Å²) in [4.78, 5) is 22.3. The molecule has 1 amide bonds. The third-order valence-electron chi connectivity index (χ3n) is 3.78. The molecule has 0 aliphatic carbocycles. The first-order chi connectivity index (χ1) is 10.8. The van der Waals surface area contributed by atoms with Gasteiger partial charge in [-0.2, -0.15) is 0 Å². The lowest BCUT2D eigenvalue weighted by Crippen LogP contribution is -2.36. The topological polar surface area (TPSA) is 36.4 Å². The molecule has 0 spiro atoms. The minimum absolute atomic E-state index is 0.178. The predicted molar refractivity (Wildman–Crippen MR) is 90.1 cm³/mol. The second kappa shape index (κ2) is 6.75. The van der Waals surface area contributed by atoms with Gasteiger partial charge in [0.1, 0.15) is 5.82 Å². The highest BCUT2D eigenvalue weighted by Gasteiger charge is 2.23. The van der Waals surface area contributed by atoms with E-state index in [0.717, 1.165) is 29.3 Å². The fourth-order valence-electron chi connectivity index (χ4n) is 2.69. The Kier molecular flexibility index (Phi) is 4.53. The van der Waals surface area contributed by atoms with Gasteiger partial charge in [0.05, 0.1) is 6.42 Å². The summed E-state index contributed by atoms with van der Waals surface area (Å²) in [6, 6.07) is 7.98. The van der Waals surface area contributed by atoms with Gasteiger partial charge >= 0.3 is 0 Å². The first kappa shape index (κ1) is 14.8. The summed E-state index contributed by atoms with van der Waals surface area (Å²) in [6.07, 6.45) is 4.16. The van der Waals surface area contributed by atoms with E-state index in [0.29, 0.717) is 19.5 Å². The quantitative estimate of drug-likeness (QED) is 0.814. The third kappa shape index (κ3) is 3.20. The maximum Gasteiger partial charge on any atom is 0.228 e. The summed E-state index contributed by atoms with van der Waals surface area (Å²) >= 11 is 1.63. The zero-order chi connectivity index (χ0) is 15.4. The maximum absolute atomic E-state index is 12.6. The van der Waals surface area contributed by atoms with Crippen molar-refractivity contribution in [3.05, 3.63) is 58.9 Å². The Bertz CT molecular complexity index is 654. The Morgan fingerprint density at radius 2 is 2.27 bits per heavy atom. The number of pyridine rings is 1. The minimum atomic E-state index is 0.178. The summed E-state index contributed by atoms with van der Waals surface area (Å²) in [6.45, 7) is 6.69. The number of nitrogens with zero attached hydrogens (tertiary/aromatic N) is 3. The molecular weight excluding hydrogens is 294 g/mol. The Morgan fingerprint density at radius 3 is 3.05 bits per heavy atom. The summed E-state index contributed by atoms with van der Waals surface area (Å²) in [5.74, 6) is 1.14. The molecule has 22 heavy (non-hydrogen) atoms. The van der Waals surface area contributed by atoms with Crippen LogP contribution in [0.1, 0.15) is 10.4 Å². The van der Waals surface area contributed by atoms with E-state index < -0.39 is 0 Å². The molecule has 0 radical (unpaired) electrons. The van der Waals surface area contributed by atoms with Crippen LogP contribution in [0.5, 0.6) is 0 Å². The minimum Gasteiger partial charge on any atom is -0.351 e. The van der Waals surface area contributed by atoms with Crippen molar-refractivity contribution in [2.75, 3.05) is 24.5 Å². The smallest absolute Gasteiger partial charge is 0.228 e. The molecule has 3 heterocycles. The number of anilines is 1. The van der Waals surface area contributed by atoms with Gasteiger partial charge in [0.15, 0.2) is 0 Å². The molecule has 2 aromatic rings. The lowest BCUT2D eigenvalue weighted by atomic mass is 10.2. The van der Waals surface area contributed by atoms with Gasteiger partial charge < -0.3 is 9.80 Å². The van der Waals surface area contributed by atoms with Crippen molar-refractivity contribution in [3.63, 3.8) is 0 Å². The fourth-order valence-corrected chi connectivity index (χ4v) is 3.39. The molecule has 1 aliphatic heterocycles. The summed E-state index contributed by atoms with van der Waals surface area (Å²) in [5.41, 5.74) is 1.10. The number of hydrogen-bond acceptors (Lipinski definition) is 4. The van der Waals surface area contributed by atoms with Crippen molar-refractivity contribution in [2.45, 2.75) is 13.0 Å². The molecule has 0 saturated heterocycles. The van der Waals surface area contributed by atoms with Crippen molar-refractivity contribution in [1.82, 2.24) is 9.88 Å². The normalized spacial score (nSPS) is 14.4. The van der Waals surface area contributed by atoms with E-state index in [4.69, 9.17) is 0 Å². The van der Waals surface area contributed by atoms with E-state index in [2.05, 4.69) is 22.5 Å². The number of hydrogen-bond donors (Lipinski definition) is 0. The van der Waals surface area contributed by atoms with Crippen molar-refractivity contribution in [3.8, 4) is 0 Å². The molecule has 0 unspecified atom stereocenters. The zero-order valence-electron chi connectivity index (χ0n) is 12.4. The van der Waals surface area contributed by atoms with Gasteiger partial charge in [-0.25, -0.2) is 4.98 Å². The molecular formula is C17H19N3OS. The van der Waals surface area contributed by atoms with Crippen LogP contribution in [0.25, 0.3) is 0 Å². The van der Waals surface area contributed by atoms with Crippen LogP contribution in [0.4, 0.5) is 5.82 Å². The molecule has 0 N–H and O–H groups in total. The van der Waals surface area contributed by atoms with E-state index >= 15 is 0 Å². The number of rotatable bonds is 4. The first-order valence-corrected chi connectivity index (χ1v) is 8.26. The van der Waals surface area contributed by atoms with E-state index in [1.165, 1.54) is 0 Å². The molecule has 3 rings (SSSR count). The number of carbonyl (C=O) groups excluding carboxylic acids is 1. The standard InChI is InChI=1S/C17H19N3OS/c1-2-8-19-9-10-20(13-14-5-3-7-18-17(14)19)16(21)12-15-6-4-11-22-15/h2-7,11H,1,8-10,12-13H2. The van der Waals surface area contributed by atoms with Crippen LogP contribution >= 0.6 is 11.3 Å². The number of amides is 1. The van der Waals surface area contributed by atoms with Gasteiger partial charge in [0.2, 0.25) is 5.91 Å². The van der Waals surface area contributed by atoms with Gasteiger partial charge in [-0.1, -0.05) is 18.2 Å². The van der Waals surface area contributed by atoms with Crippen molar-refractivity contribution in [1.29, 1.82) is 0 Å². The van der Waals surface area contributed by atoms with E-state index in [-0.39, 0.29) is 5.91 Å².